The van der Waals surface area contributed by atoms with Gasteiger partial charge in [-0.2, -0.15) is 0 Å². The molecular weight excluding hydrogens is 375 g/mol. The summed E-state index contributed by atoms with van der Waals surface area (Å²) < 4.78 is 15.3. The number of hydrogen-bond donors (Lipinski definition) is 1. The second kappa shape index (κ2) is 8.56. The van der Waals surface area contributed by atoms with Crippen LogP contribution in [-0.4, -0.2) is 20.7 Å². The van der Waals surface area contributed by atoms with E-state index in [4.69, 9.17) is 0 Å². The summed E-state index contributed by atoms with van der Waals surface area (Å²) in [6, 6.07) is 15.4. The fourth-order valence-corrected chi connectivity index (χ4v) is 4.37. The Morgan fingerprint density at radius 3 is 2.61 bits per heavy atom. The summed E-state index contributed by atoms with van der Waals surface area (Å²) in [5, 5.41) is 11.9. The van der Waals surface area contributed by atoms with Gasteiger partial charge in [-0.15, -0.1) is 10.2 Å². The van der Waals surface area contributed by atoms with Gasteiger partial charge in [0, 0.05) is 18.7 Å². The Morgan fingerprint density at radius 1 is 1.04 bits per heavy atom. The molecule has 2 heterocycles. The van der Waals surface area contributed by atoms with Crippen LogP contribution in [0.3, 0.4) is 0 Å². The maximum absolute atomic E-state index is 13.2. The largest absolute Gasteiger partial charge is 0.325 e. The third kappa shape index (κ3) is 4.25. The summed E-state index contributed by atoms with van der Waals surface area (Å²) in [6.45, 7) is 0.881. The van der Waals surface area contributed by atoms with Crippen LogP contribution < -0.4 is 5.32 Å². The molecule has 0 saturated heterocycles. The van der Waals surface area contributed by atoms with Crippen molar-refractivity contribution >= 4 is 23.4 Å². The molecule has 1 aromatic heterocycles. The van der Waals surface area contributed by atoms with Crippen LogP contribution in [0, 0.1) is 5.82 Å². The van der Waals surface area contributed by atoms with Crippen molar-refractivity contribution in [1.82, 2.24) is 14.8 Å². The molecule has 1 amide bonds. The SMILES string of the molecule is O=C(Nc1ccc(F)cc1)[C@H](Sc1nnc2n1CCCCC2)c1ccccc1. The van der Waals surface area contributed by atoms with Crippen molar-refractivity contribution in [3.63, 3.8) is 0 Å². The van der Waals surface area contributed by atoms with E-state index < -0.39 is 5.25 Å². The Labute approximate surface area is 167 Å². The zero-order chi connectivity index (χ0) is 19.3. The Morgan fingerprint density at radius 2 is 1.82 bits per heavy atom. The van der Waals surface area contributed by atoms with Gasteiger partial charge in [-0.25, -0.2) is 4.39 Å². The Kier molecular flexibility index (Phi) is 5.71. The maximum atomic E-state index is 13.2. The lowest BCUT2D eigenvalue weighted by Gasteiger charge is -2.17. The van der Waals surface area contributed by atoms with Crippen LogP contribution in [0.2, 0.25) is 0 Å². The first-order valence-electron chi connectivity index (χ1n) is 9.41. The number of nitrogens with zero attached hydrogens (tertiary/aromatic N) is 3. The Hall–Kier alpha value is -2.67. The number of carbonyl (C=O) groups excluding carboxylic acids is 1. The van der Waals surface area contributed by atoms with Crippen LogP contribution >= 0.6 is 11.8 Å². The van der Waals surface area contributed by atoms with Gasteiger partial charge in [-0.05, 0) is 42.7 Å². The molecule has 0 spiro atoms. The van der Waals surface area contributed by atoms with E-state index in [0.29, 0.717) is 5.69 Å². The number of rotatable bonds is 5. The molecule has 5 nitrogen and oxygen atoms in total. The number of aryl methyl sites for hydroxylation is 1. The highest BCUT2D eigenvalue weighted by atomic mass is 32.2. The van der Waals surface area contributed by atoms with E-state index in [1.54, 1.807) is 12.1 Å². The summed E-state index contributed by atoms with van der Waals surface area (Å²) in [5.74, 6) is 0.484. The van der Waals surface area contributed by atoms with Crippen LogP contribution in [0.1, 0.15) is 35.9 Å². The molecule has 1 N–H and O–H groups in total. The fourth-order valence-electron chi connectivity index (χ4n) is 3.29. The van der Waals surface area contributed by atoms with Crippen LogP contribution in [0.15, 0.2) is 59.8 Å². The van der Waals surface area contributed by atoms with Gasteiger partial charge in [0.25, 0.3) is 0 Å². The number of amides is 1. The van der Waals surface area contributed by atoms with Gasteiger partial charge >= 0.3 is 0 Å². The van der Waals surface area contributed by atoms with Crippen molar-refractivity contribution < 1.29 is 9.18 Å². The van der Waals surface area contributed by atoms with E-state index >= 15 is 0 Å². The minimum absolute atomic E-state index is 0.172. The molecule has 28 heavy (non-hydrogen) atoms. The minimum atomic E-state index is -0.484. The van der Waals surface area contributed by atoms with Crippen LogP contribution in [0.5, 0.6) is 0 Å². The molecule has 1 aliphatic heterocycles. The highest BCUT2D eigenvalue weighted by Gasteiger charge is 2.26. The first-order chi connectivity index (χ1) is 13.7. The molecule has 144 valence electrons. The van der Waals surface area contributed by atoms with Gasteiger partial charge in [0.05, 0.1) is 0 Å². The summed E-state index contributed by atoms with van der Waals surface area (Å²) in [5.41, 5.74) is 1.45. The van der Waals surface area contributed by atoms with E-state index in [2.05, 4.69) is 20.1 Å². The van der Waals surface area contributed by atoms with E-state index in [0.717, 1.165) is 42.4 Å². The second-order valence-electron chi connectivity index (χ2n) is 6.77. The average molecular weight is 396 g/mol. The smallest absolute Gasteiger partial charge is 0.242 e. The Bertz CT molecular complexity index is 943. The summed E-state index contributed by atoms with van der Waals surface area (Å²) >= 11 is 1.41. The van der Waals surface area contributed by atoms with Crippen molar-refractivity contribution in [2.75, 3.05) is 5.32 Å². The van der Waals surface area contributed by atoms with Crippen molar-refractivity contribution in [1.29, 1.82) is 0 Å². The minimum Gasteiger partial charge on any atom is -0.325 e. The second-order valence-corrected chi connectivity index (χ2v) is 7.84. The van der Waals surface area contributed by atoms with Gasteiger partial charge < -0.3 is 9.88 Å². The number of fused-ring (bicyclic) bond motifs is 1. The third-order valence-electron chi connectivity index (χ3n) is 4.75. The van der Waals surface area contributed by atoms with E-state index in [-0.39, 0.29) is 11.7 Å². The van der Waals surface area contributed by atoms with Crippen molar-refractivity contribution in [3.8, 4) is 0 Å². The van der Waals surface area contributed by atoms with Gasteiger partial charge in [0.2, 0.25) is 5.91 Å². The first kappa shape index (κ1) is 18.7. The van der Waals surface area contributed by atoms with Crippen molar-refractivity contribution in [2.45, 2.75) is 42.6 Å². The van der Waals surface area contributed by atoms with Crippen molar-refractivity contribution in [3.05, 3.63) is 71.8 Å². The molecule has 0 fully saturated rings. The summed E-state index contributed by atoms with van der Waals surface area (Å²) in [7, 11) is 0. The molecule has 0 saturated carbocycles. The number of hydrogen-bond acceptors (Lipinski definition) is 4. The van der Waals surface area contributed by atoms with Gasteiger partial charge in [0.1, 0.15) is 16.9 Å². The maximum Gasteiger partial charge on any atom is 0.242 e. The number of thioether (sulfide) groups is 1. The van der Waals surface area contributed by atoms with Crippen LogP contribution in [0.25, 0.3) is 0 Å². The number of nitrogens with one attached hydrogen (secondary N) is 1. The first-order valence-corrected chi connectivity index (χ1v) is 10.3. The zero-order valence-corrected chi connectivity index (χ0v) is 16.2. The molecule has 7 heteroatoms. The zero-order valence-electron chi connectivity index (χ0n) is 15.3. The van der Waals surface area contributed by atoms with Crippen LogP contribution in [0.4, 0.5) is 10.1 Å². The molecule has 3 aromatic rings. The number of anilines is 1. The van der Waals surface area contributed by atoms with E-state index in [1.807, 2.05) is 30.3 Å². The van der Waals surface area contributed by atoms with Crippen LogP contribution in [-0.2, 0) is 17.8 Å². The monoisotopic (exact) mass is 396 g/mol. The average Bonchev–Trinajstić information content (AvgIpc) is 2.94. The molecule has 0 bridgehead atoms. The molecule has 0 aliphatic carbocycles. The van der Waals surface area contributed by atoms with E-state index in [9.17, 15) is 9.18 Å². The molecule has 0 unspecified atom stereocenters. The summed E-state index contributed by atoms with van der Waals surface area (Å²) in [6.07, 6.45) is 4.32. The lowest BCUT2D eigenvalue weighted by atomic mass is 10.1. The molecular formula is C21H21FN4OS. The summed E-state index contributed by atoms with van der Waals surface area (Å²) in [4.78, 5) is 13.1. The van der Waals surface area contributed by atoms with Gasteiger partial charge in [-0.1, -0.05) is 48.5 Å². The normalized spacial score (nSPS) is 14.8. The lowest BCUT2D eigenvalue weighted by molar-refractivity contribution is -0.115. The van der Waals surface area contributed by atoms with Gasteiger partial charge in [0.15, 0.2) is 5.16 Å². The standard InChI is InChI=1S/C21H21FN4OS/c22-16-10-12-17(13-11-16)23-20(27)19(15-7-3-1-4-8-15)28-21-25-24-18-9-5-2-6-14-26(18)21/h1,3-4,7-8,10-13,19H,2,5-6,9,14H2,(H,23,27)/t19-/m1/s1. The number of carbonyl (C=O) groups is 1. The number of aromatic nitrogens is 3. The van der Waals surface area contributed by atoms with Crippen molar-refractivity contribution in [2.24, 2.45) is 0 Å². The molecule has 1 atom stereocenters. The lowest BCUT2D eigenvalue weighted by Crippen LogP contribution is -2.19. The highest BCUT2D eigenvalue weighted by Crippen LogP contribution is 2.36. The molecule has 2 aromatic carbocycles. The molecule has 1 aliphatic rings. The number of benzene rings is 2. The predicted octanol–water partition coefficient (Wildman–Crippen LogP) is 4.62. The molecule has 4 rings (SSSR count). The predicted molar refractivity (Wildman–Crippen MR) is 108 cm³/mol. The third-order valence-corrected chi connectivity index (χ3v) is 5.99. The fraction of sp³-hybridized carbons (Fsp3) is 0.286. The van der Waals surface area contributed by atoms with Gasteiger partial charge in [-0.3, -0.25) is 4.79 Å². The number of halogens is 1. The Balaban J connectivity index is 1.60. The van der Waals surface area contributed by atoms with E-state index in [1.165, 1.54) is 30.3 Å². The highest BCUT2D eigenvalue weighted by molar-refractivity contribution is 8.00. The quantitative estimate of drug-likeness (QED) is 0.640. The topological polar surface area (TPSA) is 59.8 Å². The molecule has 0 radical (unpaired) electrons.